The Balaban J connectivity index is 1.72. The number of nitrogens with zero attached hydrogens (tertiary/aromatic N) is 1. The highest BCUT2D eigenvalue weighted by Crippen LogP contribution is 2.37. The Morgan fingerprint density at radius 1 is 1.47 bits per heavy atom. The highest BCUT2D eigenvalue weighted by Gasteiger charge is 2.26. The molecule has 0 unspecified atom stereocenters. The first-order chi connectivity index (χ1) is 9.15. The number of hydrogen-bond donors (Lipinski definition) is 2. The first kappa shape index (κ1) is 14.1. The van der Waals surface area contributed by atoms with Gasteiger partial charge in [-0.25, -0.2) is 4.98 Å². The summed E-state index contributed by atoms with van der Waals surface area (Å²) in [5.41, 5.74) is -0.0671. The van der Waals surface area contributed by atoms with E-state index in [0.717, 1.165) is 44.7 Å². The predicted octanol–water partition coefficient (Wildman–Crippen LogP) is 2.26. The van der Waals surface area contributed by atoms with Gasteiger partial charge in [0.15, 0.2) is 0 Å². The van der Waals surface area contributed by atoms with Crippen LogP contribution in [0.2, 0.25) is 0 Å². The van der Waals surface area contributed by atoms with Crippen LogP contribution < -0.4 is 10.9 Å². The molecule has 5 heteroatoms. The SMILES string of the molecule is CC(C)OCCCCNc1cc(=O)[nH]c(C2CC2)n1. The monoisotopic (exact) mass is 265 g/mol. The fraction of sp³-hybridized carbons (Fsp3) is 0.714. The second-order valence-electron chi connectivity index (χ2n) is 5.34. The van der Waals surface area contributed by atoms with E-state index in [-0.39, 0.29) is 5.56 Å². The average Bonchev–Trinajstić information content (AvgIpc) is 3.16. The van der Waals surface area contributed by atoms with Crippen molar-refractivity contribution in [1.82, 2.24) is 9.97 Å². The highest BCUT2D eigenvalue weighted by atomic mass is 16.5. The third-order valence-electron chi connectivity index (χ3n) is 3.05. The molecule has 19 heavy (non-hydrogen) atoms. The summed E-state index contributed by atoms with van der Waals surface area (Å²) in [6.45, 7) is 5.69. The first-order valence-corrected chi connectivity index (χ1v) is 7.12. The molecule has 1 aliphatic rings. The van der Waals surface area contributed by atoms with Crippen LogP contribution in [0.25, 0.3) is 0 Å². The normalized spacial score (nSPS) is 14.9. The second-order valence-corrected chi connectivity index (χ2v) is 5.34. The van der Waals surface area contributed by atoms with E-state index in [9.17, 15) is 4.79 Å². The Morgan fingerprint density at radius 2 is 2.26 bits per heavy atom. The number of nitrogens with one attached hydrogen (secondary N) is 2. The fourth-order valence-corrected chi connectivity index (χ4v) is 1.88. The van der Waals surface area contributed by atoms with Crippen LogP contribution in [0, 0.1) is 0 Å². The molecule has 0 spiro atoms. The summed E-state index contributed by atoms with van der Waals surface area (Å²) in [4.78, 5) is 18.7. The van der Waals surface area contributed by atoms with Gasteiger partial charge < -0.3 is 15.0 Å². The molecule has 0 bridgehead atoms. The zero-order chi connectivity index (χ0) is 13.7. The summed E-state index contributed by atoms with van der Waals surface area (Å²) in [5.74, 6) is 1.99. The van der Waals surface area contributed by atoms with E-state index in [1.165, 1.54) is 6.07 Å². The molecule has 1 heterocycles. The number of ether oxygens (including phenoxy) is 1. The molecule has 0 amide bonds. The molecule has 0 saturated heterocycles. The topological polar surface area (TPSA) is 67.0 Å². The van der Waals surface area contributed by atoms with Crippen LogP contribution in [0.15, 0.2) is 10.9 Å². The molecular formula is C14H23N3O2. The smallest absolute Gasteiger partial charge is 0.252 e. The zero-order valence-corrected chi connectivity index (χ0v) is 11.7. The lowest BCUT2D eigenvalue weighted by Crippen LogP contribution is -2.14. The molecule has 0 aliphatic heterocycles. The lowest BCUT2D eigenvalue weighted by molar-refractivity contribution is 0.0765. The van der Waals surface area contributed by atoms with Crippen LogP contribution in [-0.4, -0.2) is 29.2 Å². The molecule has 2 rings (SSSR count). The minimum absolute atomic E-state index is 0.0671. The van der Waals surface area contributed by atoms with Gasteiger partial charge in [-0.3, -0.25) is 4.79 Å². The van der Waals surface area contributed by atoms with E-state index in [1.54, 1.807) is 0 Å². The Bertz CT molecular complexity index is 452. The van der Waals surface area contributed by atoms with E-state index < -0.39 is 0 Å². The first-order valence-electron chi connectivity index (χ1n) is 7.12. The summed E-state index contributed by atoms with van der Waals surface area (Å²) in [5, 5.41) is 3.21. The maximum absolute atomic E-state index is 11.5. The molecule has 1 aliphatic carbocycles. The van der Waals surface area contributed by atoms with Crippen LogP contribution in [0.3, 0.4) is 0 Å². The van der Waals surface area contributed by atoms with E-state index in [0.29, 0.717) is 17.8 Å². The summed E-state index contributed by atoms with van der Waals surface area (Å²) in [6.07, 6.45) is 4.60. The van der Waals surface area contributed by atoms with Gasteiger partial charge in [-0.15, -0.1) is 0 Å². The Kier molecular flexibility index (Phi) is 4.96. The van der Waals surface area contributed by atoms with Crippen molar-refractivity contribution in [2.24, 2.45) is 0 Å². The van der Waals surface area contributed by atoms with Gasteiger partial charge in [-0.2, -0.15) is 0 Å². The summed E-state index contributed by atoms with van der Waals surface area (Å²) in [7, 11) is 0. The van der Waals surface area contributed by atoms with Gasteiger partial charge in [0.25, 0.3) is 5.56 Å². The number of aromatic nitrogens is 2. The van der Waals surface area contributed by atoms with E-state index in [2.05, 4.69) is 15.3 Å². The highest BCUT2D eigenvalue weighted by molar-refractivity contribution is 5.33. The second kappa shape index (κ2) is 6.70. The maximum Gasteiger partial charge on any atom is 0.252 e. The molecule has 0 radical (unpaired) electrons. The van der Waals surface area contributed by atoms with Crippen LogP contribution in [0.4, 0.5) is 5.82 Å². The predicted molar refractivity (Wildman–Crippen MR) is 75.6 cm³/mol. The summed E-state index contributed by atoms with van der Waals surface area (Å²) < 4.78 is 5.47. The maximum atomic E-state index is 11.5. The third kappa shape index (κ3) is 5.03. The molecule has 106 valence electrons. The standard InChI is InChI=1S/C14H23N3O2/c1-10(2)19-8-4-3-7-15-12-9-13(18)17-14(16-12)11-5-6-11/h9-11H,3-8H2,1-2H3,(H2,15,16,17,18). The molecule has 5 nitrogen and oxygen atoms in total. The quantitative estimate of drug-likeness (QED) is 0.708. The number of anilines is 1. The molecule has 1 aromatic rings. The van der Waals surface area contributed by atoms with Gasteiger partial charge in [0.05, 0.1) is 6.10 Å². The van der Waals surface area contributed by atoms with E-state index >= 15 is 0 Å². The zero-order valence-electron chi connectivity index (χ0n) is 11.7. The van der Waals surface area contributed by atoms with E-state index in [1.807, 2.05) is 13.8 Å². The van der Waals surface area contributed by atoms with Gasteiger partial charge in [0, 0.05) is 25.1 Å². The number of hydrogen-bond acceptors (Lipinski definition) is 4. The van der Waals surface area contributed by atoms with Crippen LogP contribution in [0.5, 0.6) is 0 Å². The molecular weight excluding hydrogens is 242 g/mol. The minimum Gasteiger partial charge on any atom is -0.379 e. The van der Waals surface area contributed by atoms with Crippen molar-refractivity contribution in [3.05, 3.63) is 22.2 Å². The number of rotatable bonds is 8. The Labute approximate surface area is 113 Å². The molecule has 0 aromatic carbocycles. The number of aromatic amines is 1. The summed E-state index contributed by atoms with van der Waals surface area (Å²) in [6, 6.07) is 1.52. The van der Waals surface area contributed by atoms with Gasteiger partial charge >= 0.3 is 0 Å². The molecule has 1 saturated carbocycles. The van der Waals surface area contributed by atoms with Gasteiger partial charge in [-0.05, 0) is 39.5 Å². The Morgan fingerprint density at radius 3 is 2.95 bits per heavy atom. The van der Waals surface area contributed by atoms with Crippen LogP contribution in [0.1, 0.15) is 51.3 Å². The average molecular weight is 265 g/mol. The summed E-state index contributed by atoms with van der Waals surface area (Å²) >= 11 is 0. The van der Waals surface area contributed by atoms with Crippen LogP contribution in [-0.2, 0) is 4.74 Å². The third-order valence-corrected chi connectivity index (χ3v) is 3.05. The van der Waals surface area contributed by atoms with Gasteiger partial charge in [0.1, 0.15) is 11.6 Å². The van der Waals surface area contributed by atoms with Gasteiger partial charge in [0.2, 0.25) is 0 Å². The number of H-pyrrole nitrogens is 1. The van der Waals surface area contributed by atoms with Crippen molar-refractivity contribution >= 4 is 5.82 Å². The van der Waals surface area contributed by atoms with Crippen molar-refractivity contribution in [3.8, 4) is 0 Å². The van der Waals surface area contributed by atoms with Crippen molar-refractivity contribution in [1.29, 1.82) is 0 Å². The lowest BCUT2D eigenvalue weighted by Gasteiger charge is -2.08. The van der Waals surface area contributed by atoms with Crippen molar-refractivity contribution in [2.45, 2.75) is 51.6 Å². The van der Waals surface area contributed by atoms with Crippen molar-refractivity contribution < 1.29 is 4.74 Å². The molecule has 0 atom stereocenters. The fourth-order valence-electron chi connectivity index (χ4n) is 1.88. The largest absolute Gasteiger partial charge is 0.379 e. The van der Waals surface area contributed by atoms with Crippen LogP contribution >= 0.6 is 0 Å². The van der Waals surface area contributed by atoms with Gasteiger partial charge in [-0.1, -0.05) is 0 Å². The van der Waals surface area contributed by atoms with Crippen molar-refractivity contribution in [3.63, 3.8) is 0 Å². The molecule has 2 N–H and O–H groups in total. The minimum atomic E-state index is -0.0671. The Hall–Kier alpha value is -1.36. The lowest BCUT2D eigenvalue weighted by atomic mass is 10.3. The number of unbranched alkanes of at least 4 members (excludes halogenated alkanes) is 1. The van der Waals surface area contributed by atoms with E-state index in [4.69, 9.17) is 4.74 Å². The molecule has 1 fully saturated rings. The molecule has 1 aromatic heterocycles. The van der Waals surface area contributed by atoms with Crippen molar-refractivity contribution in [2.75, 3.05) is 18.5 Å².